The first-order chi connectivity index (χ1) is 7.48. The third-order valence-electron chi connectivity index (χ3n) is 2.21. The largest absolute Gasteiger partial charge is 0.416 e. The second-order valence-corrected chi connectivity index (χ2v) is 3.34. The van der Waals surface area contributed by atoms with Crippen molar-refractivity contribution in [3.8, 4) is 5.69 Å². The number of nitrogens with zero attached hydrogens (tertiary/aromatic N) is 3. The highest BCUT2D eigenvalue weighted by molar-refractivity contribution is 5.40. The van der Waals surface area contributed by atoms with E-state index in [1.54, 1.807) is 6.07 Å². The summed E-state index contributed by atoms with van der Waals surface area (Å²) in [6.07, 6.45) is -1.72. The van der Waals surface area contributed by atoms with Crippen molar-refractivity contribution in [2.45, 2.75) is 13.1 Å². The van der Waals surface area contributed by atoms with E-state index in [1.165, 1.54) is 30.3 Å². The van der Waals surface area contributed by atoms with Gasteiger partial charge in [-0.25, -0.2) is 9.67 Å². The lowest BCUT2D eigenvalue weighted by atomic mass is 10.1. The number of halogens is 3. The molecule has 0 unspecified atom stereocenters. The highest BCUT2D eigenvalue weighted by Crippen LogP contribution is 2.32. The molecule has 1 heterocycles. The molecule has 0 spiro atoms. The number of rotatable bonds is 1. The number of benzene rings is 1. The highest BCUT2D eigenvalue weighted by Gasteiger charge is 2.32. The van der Waals surface area contributed by atoms with Crippen molar-refractivity contribution in [3.63, 3.8) is 0 Å². The van der Waals surface area contributed by atoms with Crippen LogP contribution in [0.5, 0.6) is 0 Å². The summed E-state index contributed by atoms with van der Waals surface area (Å²) in [5.41, 5.74) is -0.118. The Kier molecular flexibility index (Phi) is 2.41. The van der Waals surface area contributed by atoms with Crippen molar-refractivity contribution in [1.29, 1.82) is 0 Å². The van der Waals surface area contributed by atoms with Gasteiger partial charge < -0.3 is 0 Å². The van der Waals surface area contributed by atoms with Crippen molar-refractivity contribution in [3.05, 3.63) is 42.0 Å². The van der Waals surface area contributed by atoms with E-state index in [-0.39, 0.29) is 5.56 Å². The number of aromatic nitrogens is 3. The van der Waals surface area contributed by atoms with E-state index in [0.717, 1.165) is 6.07 Å². The van der Waals surface area contributed by atoms with Crippen molar-refractivity contribution in [1.82, 2.24) is 14.8 Å². The number of hydrogen-bond donors (Lipinski definition) is 0. The Morgan fingerprint density at radius 1 is 1.25 bits per heavy atom. The maximum absolute atomic E-state index is 12.6. The molecular weight excluding hydrogens is 219 g/mol. The van der Waals surface area contributed by atoms with Gasteiger partial charge >= 0.3 is 6.18 Å². The number of aryl methyl sites for hydroxylation is 1. The van der Waals surface area contributed by atoms with Gasteiger partial charge in [-0.3, -0.25) is 0 Å². The van der Waals surface area contributed by atoms with Crippen LogP contribution in [-0.2, 0) is 6.18 Å². The average Bonchev–Trinajstić information content (AvgIpc) is 2.69. The fourth-order valence-corrected chi connectivity index (χ4v) is 1.40. The molecule has 6 heteroatoms. The van der Waals surface area contributed by atoms with Gasteiger partial charge in [-0.05, 0) is 24.6 Å². The Morgan fingerprint density at radius 3 is 2.56 bits per heavy atom. The minimum atomic E-state index is -4.35. The van der Waals surface area contributed by atoms with Gasteiger partial charge in [0.1, 0.15) is 12.7 Å². The van der Waals surface area contributed by atoms with Crippen LogP contribution < -0.4 is 0 Å². The minimum absolute atomic E-state index is 0.191. The van der Waals surface area contributed by atoms with E-state index >= 15 is 0 Å². The van der Waals surface area contributed by atoms with Gasteiger partial charge in [-0.1, -0.05) is 6.07 Å². The molecule has 16 heavy (non-hydrogen) atoms. The zero-order valence-electron chi connectivity index (χ0n) is 8.36. The van der Waals surface area contributed by atoms with Gasteiger partial charge in [0.15, 0.2) is 0 Å². The molecule has 84 valence electrons. The number of hydrogen-bond acceptors (Lipinski definition) is 2. The molecular formula is C10H8F3N3. The Labute approximate surface area is 89.5 Å². The summed E-state index contributed by atoms with van der Waals surface area (Å²) >= 11 is 0. The molecule has 3 nitrogen and oxygen atoms in total. The molecule has 0 aliphatic rings. The van der Waals surface area contributed by atoms with Crippen LogP contribution in [-0.4, -0.2) is 14.8 Å². The summed E-state index contributed by atoms with van der Waals surface area (Å²) in [5, 5.41) is 3.78. The molecule has 0 saturated heterocycles. The van der Waals surface area contributed by atoms with Crippen LogP contribution in [0.15, 0.2) is 30.9 Å². The summed E-state index contributed by atoms with van der Waals surface area (Å²) < 4.78 is 39.2. The van der Waals surface area contributed by atoms with Crippen molar-refractivity contribution >= 4 is 0 Å². The maximum Gasteiger partial charge on any atom is 0.416 e. The van der Waals surface area contributed by atoms with Crippen LogP contribution in [0.3, 0.4) is 0 Å². The van der Waals surface area contributed by atoms with Crippen LogP contribution in [0.1, 0.15) is 11.1 Å². The van der Waals surface area contributed by atoms with E-state index in [1.807, 2.05) is 0 Å². The van der Waals surface area contributed by atoms with E-state index < -0.39 is 11.7 Å². The molecule has 0 bridgehead atoms. The molecule has 0 saturated carbocycles. The molecule has 0 atom stereocenters. The smallest absolute Gasteiger partial charge is 0.223 e. The molecule has 0 N–H and O–H groups in total. The van der Waals surface area contributed by atoms with E-state index in [0.29, 0.717) is 5.69 Å². The second kappa shape index (κ2) is 3.62. The quantitative estimate of drug-likeness (QED) is 0.749. The zero-order valence-corrected chi connectivity index (χ0v) is 8.36. The lowest BCUT2D eigenvalue weighted by Gasteiger charge is -2.11. The predicted molar refractivity (Wildman–Crippen MR) is 51.1 cm³/mol. The Bertz CT molecular complexity index is 489. The van der Waals surface area contributed by atoms with Gasteiger partial charge in [0.2, 0.25) is 0 Å². The summed E-state index contributed by atoms with van der Waals surface area (Å²) in [6.45, 7) is 1.42. The van der Waals surface area contributed by atoms with Crippen LogP contribution in [0.4, 0.5) is 13.2 Å². The van der Waals surface area contributed by atoms with E-state index in [4.69, 9.17) is 0 Å². The van der Waals surface area contributed by atoms with Gasteiger partial charge in [0.05, 0.1) is 11.3 Å². The molecule has 0 radical (unpaired) electrons. The van der Waals surface area contributed by atoms with Crippen molar-refractivity contribution < 1.29 is 13.2 Å². The normalized spacial score (nSPS) is 11.8. The lowest BCUT2D eigenvalue weighted by molar-refractivity contribution is -0.138. The van der Waals surface area contributed by atoms with Gasteiger partial charge in [-0.15, -0.1) is 0 Å². The third kappa shape index (κ3) is 1.91. The third-order valence-corrected chi connectivity index (χ3v) is 2.21. The zero-order chi connectivity index (χ0) is 11.8. The summed E-state index contributed by atoms with van der Waals surface area (Å²) in [4.78, 5) is 3.68. The van der Waals surface area contributed by atoms with Gasteiger partial charge in [-0.2, -0.15) is 18.3 Å². The molecule has 0 aliphatic carbocycles. The average molecular weight is 227 g/mol. The van der Waals surface area contributed by atoms with E-state index in [2.05, 4.69) is 10.1 Å². The van der Waals surface area contributed by atoms with Crippen molar-refractivity contribution in [2.24, 2.45) is 0 Å². The standard InChI is InChI=1S/C10H8F3N3/c1-7-2-3-8(16-6-14-5-15-16)4-9(7)10(11,12)13/h2-6H,1H3. The van der Waals surface area contributed by atoms with Crippen LogP contribution in [0.2, 0.25) is 0 Å². The SMILES string of the molecule is Cc1ccc(-n2cncn2)cc1C(F)(F)F. The second-order valence-electron chi connectivity index (χ2n) is 3.34. The lowest BCUT2D eigenvalue weighted by Crippen LogP contribution is -2.08. The van der Waals surface area contributed by atoms with Crippen LogP contribution in [0, 0.1) is 6.92 Å². The van der Waals surface area contributed by atoms with Gasteiger partial charge in [0.25, 0.3) is 0 Å². The van der Waals surface area contributed by atoms with E-state index in [9.17, 15) is 13.2 Å². The highest BCUT2D eigenvalue weighted by atomic mass is 19.4. The predicted octanol–water partition coefficient (Wildman–Crippen LogP) is 2.59. The number of alkyl halides is 3. The van der Waals surface area contributed by atoms with Crippen LogP contribution >= 0.6 is 0 Å². The monoisotopic (exact) mass is 227 g/mol. The molecule has 0 fully saturated rings. The van der Waals surface area contributed by atoms with Gasteiger partial charge in [0, 0.05) is 0 Å². The molecule has 0 amide bonds. The fraction of sp³-hybridized carbons (Fsp3) is 0.200. The first kappa shape index (κ1) is 10.7. The fourth-order valence-electron chi connectivity index (χ4n) is 1.40. The Hall–Kier alpha value is -1.85. The molecule has 0 aliphatic heterocycles. The summed E-state index contributed by atoms with van der Waals surface area (Å²) in [5.74, 6) is 0. The Balaban J connectivity index is 2.52. The minimum Gasteiger partial charge on any atom is -0.223 e. The van der Waals surface area contributed by atoms with Crippen molar-refractivity contribution in [2.75, 3.05) is 0 Å². The first-order valence-corrected chi connectivity index (χ1v) is 4.51. The molecule has 2 rings (SSSR count). The maximum atomic E-state index is 12.6. The summed E-state index contributed by atoms with van der Waals surface area (Å²) in [7, 11) is 0. The van der Waals surface area contributed by atoms with Crippen LogP contribution in [0.25, 0.3) is 5.69 Å². The molecule has 1 aromatic carbocycles. The molecule has 2 aromatic rings. The first-order valence-electron chi connectivity index (χ1n) is 4.51. The molecule has 1 aromatic heterocycles. The topological polar surface area (TPSA) is 30.7 Å². The Morgan fingerprint density at radius 2 is 2.00 bits per heavy atom. The summed E-state index contributed by atoms with van der Waals surface area (Å²) in [6, 6.07) is 4.04.